The molecule has 1 aromatic rings. The molecule has 1 fully saturated rings. The fourth-order valence-corrected chi connectivity index (χ4v) is 3.45. The van der Waals surface area contributed by atoms with Crippen molar-refractivity contribution in [2.75, 3.05) is 19.6 Å². The number of likely N-dealkylation sites (N-methyl/N-ethyl adjacent to an activating group) is 1. The van der Waals surface area contributed by atoms with E-state index in [-0.39, 0.29) is 11.6 Å². The number of nitrogens with zero attached hydrogens (tertiary/aromatic N) is 4. The summed E-state index contributed by atoms with van der Waals surface area (Å²) in [7, 11) is 0. The lowest BCUT2D eigenvalue weighted by molar-refractivity contribution is 0.0583. The smallest absolute Gasteiger partial charge is 0.0775 e. The average Bonchev–Trinajstić information content (AvgIpc) is 2.94. The molecule has 5 heteroatoms. The standard InChI is InChI=1S/C16H31N5/c1-5-10-21-14(13-18-19-21)15(17-6-2)16(3,4)20-11-8-7-9-12-20/h13,15,17H,5-12H2,1-4H3. The van der Waals surface area contributed by atoms with Gasteiger partial charge in [-0.1, -0.05) is 25.5 Å². The Morgan fingerprint density at radius 3 is 2.57 bits per heavy atom. The van der Waals surface area contributed by atoms with Crippen LogP contribution in [-0.2, 0) is 6.54 Å². The minimum atomic E-state index is 0.0731. The van der Waals surface area contributed by atoms with E-state index in [0.29, 0.717) is 0 Å². The van der Waals surface area contributed by atoms with Crippen molar-refractivity contribution in [1.82, 2.24) is 25.2 Å². The van der Waals surface area contributed by atoms with E-state index in [0.717, 1.165) is 19.5 Å². The summed E-state index contributed by atoms with van der Waals surface area (Å²) >= 11 is 0. The molecule has 0 aliphatic carbocycles. The molecule has 0 amide bonds. The van der Waals surface area contributed by atoms with Gasteiger partial charge in [-0.3, -0.25) is 4.90 Å². The van der Waals surface area contributed by atoms with Crippen molar-refractivity contribution in [3.63, 3.8) is 0 Å². The van der Waals surface area contributed by atoms with Crippen LogP contribution in [-0.4, -0.2) is 45.1 Å². The van der Waals surface area contributed by atoms with Gasteiger partial charge >= 0.3 is 0 Å². The van der Waals surface area contributed by atoms with Gasteiger partial charge in [0.05, 0.1) is 17.9 Å². The molecule has 1 aliphatic rings. The van der Waals surface area contributed by atoms with Gasteiger partial charge in [0.15, 0.2) is 0 Å². The second-order valence-corrected chi connectivity index (χ2v) is 6.57. The Hall–Kier alpha value is -0.940. The molecule has 2 heterocycles. The van der Waals surface area contributed by atoms with Gasteiger partial charge < -0.3 is 5.32 Å². The molecule has 21 heavy (non-hydrogen) atoms. The van der Waals surface area contributed by atoms with Crippen LogP contribution in [0, 0.1) is 0 Å². The zero-order valence-corrected chi connectivity index (χ0v) is 14.1. The lowest BCUT2D eigenvalue weighted by Gasteiger charge is -2.46. The first-order chi connectivity index (χ1) is 10.1. The molecule has 1 aliphatic heterocycles. The van der Waals surface area contributed by atoms with Crippen molar-refractivity contribution in [2.45, 2.75) is 71.5 Å². The van der Waals surface area contributed by atoms with Crippen LogP contribution in [0.3, 0.4) is 0 Å². The molecule has 1 N–H and O–H groups in total. The molecule has 0 radical (unpaired) electrons. The van der Waals surface area contributed by atoms with E-state index in [2.05, 4.69) is 52.9 Å². The molecule has 0 saturated carbocycles. The Labute approximate surface area is 129 Å². The van der Waals surface area contributed by atoms with Crippen molar-refractivity contribution in [3.8, 4) is 0 Å². The van der Waals surface area contributed by atoms with Crippen LogP contribution in [0.4, 0.5) is 0 Å². The number of aromatic nitrogens is 3. The third-order valence-corrected chi connectivity index (χ3v) is 4.66. The third-order valence-electron chi connectivity index (χ3n) is 4.66. The predicted molar refractivity (Wildman–Crippen MR) is 86.2 cm³/mol. The number of rotatable bonds is 7. The second-order valence-electron chi connectivity index (χ2n) is 6.57. The summed E-state index contributed by atoms with van der Waals surface area (Å²) in [4.78, 5) is 2.63. The number of hydrogen-bond donors (Lipinski definition) is 1. The van der Waals surface area contributed by atoms with Gasteiger partial charge in [-0.05, 0) is 52.7 Å². The number of likely N-dealkylation sites (tertiary alicyclic amines) is 1. The molecule has 0 aromatic carbocycles. The molecule has 120 valence electrons. The van der Waals surface area contributed by atoms with Gasteiger partial charge in [0.25, 0.3) is 0 Å². The van der Waals surface area contributed by atoms with Gasteiger partial charge in [0.2, 0.25) is 0 Å². The molecule has 1 unspecified atom stereocenters. The highest BCUT2D eigenvalue weighted by Gasteiger charge is 2.38. The summed E-state index contributed by atoms with van der Waals surface area (Å²) in [6.07, 6.45) is 7.02. The number of nitrogens with one attached hydrogen (secondary N) is 1. The van der Waals surface area contributed by atoms with Crippen LogP contribution in [0.2, 0.25) is 0 Å². The summed E-state index contributed by atoms with van der Waals surface area (Å²) in [5.74, 6) is 0. The normalized spacial score (nSPS) is 18.9. The van der Waals surface area contributed by atoms with Gasteiger partial charge in [-0.2, -0.15) is 0 Å². The van der Waals surface area contributed by atoms with Crippen LogP contribution >= 0.6 is 0 Å². The highest BCUT2D eigenvalue weighted by Crippen LogP contribution is 2.32. The largest absolute Gasteiger partial charge is 0.307 e. The summed E-state index contributed by atoms with van der Waals surface area (Å²) in [5.41, 5.74) is 1.29. The fraction of sp³-hybridized carbons (Fsp3) is 0.875. The first-order valence-electron chi connectivity index (χ1n) is 8.48. The Bertz CT molecular complexity index is 420. The summed E-state index contributed by atoms with van der Waals surface area (Å²) < 4.78 is 2.07. The van der Waals surface area contributed by atoms with E-state index in [1.54, 1.807) is 0 Å². The van der Waals surface area contributed by atoms with Gasteiger partial charge in [0.1, 0.15) is 0 Å². The van der Waals surface area contributed by atoms with E-state index in [1.807, 2.05) is 6.20 Å². The molecule has 0 spiro atoms. The highest BCUT2D eigenvalue weighted by molar-refractivity contribution is 5.11. The number of piperidine rings is 1. The quantitative estimate of drug-likeness (QED) is 0.839. The predicted octanol–water partition coefficient (Wildman–Crippen LogP) is 2.60. The van der Waals surface area contributed by atoms with E-state index in [4.69, 9.17) is 0 Å². The number of hydrogen-bond acceptors (Lipinski definition) is 4. The first kappa shape index (κ1) is 16.4. The van der Waals surface area contributed by atoms with Crippen LogP contribution in [0.25, 0.3) is 0 Å². The maximum Gasteiger partial charge on any atom is 0.0775 e. The van der Waals surface area contributed by atoms with Crippen LogP contribution < -0.4 is 5.32 Å². The Balaban J connectivity index is 2.25. The molecule has 2 rings (SSSR count). The Morgan fingerprint density at radius 1 is 1.24 bits per heavy atom. The molecule has 5 nitrogen and oxygen atoms in total. The Morgan fingerprint density at radius 2 is 1.95 bits per heavy atom. The molecular formula is C16H31N5. The SMILES string of the molecule is CCCn1nncc1C(NCC)C(C)(C)N1CCCCC1. The lowest BCUT2D eigenvalue weighted by atomic mass is 9.88. The van der Waals surface area contributed by atoms with Crippen molar-refractivity contribution >= 4 is 0 Å². The van der Waals surface area contributed by atoms with E-state index >= 15 is 0 Å². The lowest BCUT2D eigenvalue weighted by Crippen LogP contribution is -2.54. The van der Waals surface area contributed by atoms with E-state index in [9.17, 15) is 0 Å². The summed E-state index contributed by atoms with van der Waals surface area (Å²) in [6, 6.07) is 0.266. The minimum absolute atomic E-state index is 0.0731. The number of aryl methyl sites for hydroxylation is 1. The molecule has 1 saturated heterocycles. The fourth-order valence-electron chi connectivity index (χ4n) is 3.45. The average molecular weight is 293 g/mol. The van der Waals surface area contributed by atoms with Gasteiger partial charge in [0, 0.05) is 12.1 Å². The maximum atomic E-state index is 4.28. The third kappa shape index (κ3) is 3.64. The van der Waals surface area contributed by atoms with Gasteiger partial charge in [-0.15, -0.1) is 5.10 Å². The minimum Gasteiger partial charge on any atom is -0.307 e. The molecule has 1 atom stereocenters. The van der Waals surface area contributed by atoms with Crippen LogP contribution in [0.1, 0.15) is 65.1 Å². The summed E-state index contributed by atoms with van der Waals surface area (Å²) in [6.45, 7) is 13.4. The zero-order chi connectivity index (χ0) is 15.3. The molecule has 0 bridgehead atoms. The molecular weight excluding hydrogens is 262 g/mol. The Kier molecular flexibility index (Phi) is 5.76. The van der Waals surface area contributed by atoms with Crippen molar-refractivity contribution in [3.05, 3.63) is 11.9 Å². The van der Waals surface area contributed by atoms with E-state index < -0.39 is 0 Å². The topological polar surface area (TPSA) is 46.0 Å². The van der Waals surface area contributed by atoms with Crippen molar-refractivity contribution in [2.24, 2.45) is 0 Å². The second kappa shape index (κ2) is 7.36. The monoisotopic (exact) mass is 293 g/mol. The zero-order valence-electron chi connectivity index (χ0n) is 14.1. The summed E-state index contributed by atoms with van der Waals surface area (Å²) in [5, 5.41) is 12.1. The van der Waals surface area contributed by atoms with Gasteiger partial charge in [-0.25, -0.2) is 4.68 Å². The van der Waals surface area contributed by atoms with E-state index in [1.165, 1.54) is 38.0 Å². The molecule has 1 aromatic heterocycles. The van der Waals surface area contributed by atoms with Crippen LogP contribution in [0.15, 0.2) is 6.20 Å². The first-order valence-corrected chi connectivity index (χ1v) is 8.48. The highest BCUT2D eigenvalue weighted by atomic mass is 15.4. The van der Waals surface area contributed by atoms with Crippen molar-refractivity contribution < 1.29 is 0 Å². The van der Waals surface area contributed by atoms with Crippen LogP contribution in [0.5, 0.6) is 0 Å². The maximum absolute atomic E-state index is 4.28. The van der Waals surface area contributed by atoms with Crippen molar-refractivity contribution in [1.29, 1.82) is 0 Å².